The van der Waals surface area contributed by atoms with Gasteiger partial charge in [0.25, 0.3) is 5.91 Å². The first kappa shape index (κ1) is 19.3. The summed E-state index contributed by atoms with van der Waals surface area (Å²) in [6, 6.07) is 6.59. The van der Waals surface area contributed by atoms with Crippen LogP contribution in [0.2, 0.25) is 0 Å². The van der Waals surface area contributed by atoms with Crippen LogP contribution in [0.3, 0.4) is 0 Å². The van der Waals surface area contributed by atoms with Crippen LogP contribution in [-0.4, -0.2) is 47.7 Å². The summed E-state index contributed by atoms with van der Waals surface area (Å²) in [5, 5.41) is 4.48. The Hall–Kier alpha value is -2.01. The Balaban J connectivity index is 1.72. The van der Waals surface area contributed by atoms with Gasteiger partial charge in [-0.05, 0) is 38.7 Å². The number of hydrogen-bond acceptors (Lipinski definition) is 3. The molecule has 5 nitrogen and oxygen atoms in total. The fourth-order valence-electron chi connectivity index (χ4n) is 4.91. The molecule has 1 aromatic heterocycles. The number of fused-ring (bicyclic) bond motifs is 1. The van der Waals surface area contributed by atoms with E-state index in [1.54, 1.807) is 7.11 Å². The zero-order chi connectivity index (χ0) is 19.7. The highest BCUT2D eigenvalue weighted by atomic mass is 16.5. The molecule has 28 heavy (non-hydrogen) atoms. The molecule has 4 rings (SSSR count). The maximum absolute atomic E-state index is 13.5. The average Bonchev–Trinajstić information content (AvgIpc) is 3.08. The number of amides is 1. The highest BCUT2D eigenvalue weighted by Crippen LogP contribution is 2.34. The minimum Gasteiger partial charge on any atom is -0.495 e. The van der Waals surface area contributed by atoms with E-state index >= 15 is 0 Å². The van der Waals surface area contributed by atoms with E-state index in [1.807, 2.05) is 17.0 Å². The van der Waals surface area contributed by atoms with Gasteiger partial charge < -0.3 is 19.5 Å². The standard InChI is InChI=1S/C23H33N3O2/c1-16-13-26(17(2)12-24-16)23(27)20-15-25(14-18-8-5-4-6-9-18)22-19(20)10-7-11-21(22)28-3/h7,10-11,15-18,24H,4-6,8-9,12-14H2,1-3H3. The van der Waals surface area contributed by atoms with Crippen molar-refractivity contribution in [2.45, 2.75) is 64.6 Å². The molecule has 2 atom stereocenters. The Morgan fingerprint density at radius 3 is 2.75 bits per heavy atom. The van der Waals surface area contributed by atoms with E-state index in [2.05, 4.69) is 36.0 Å². The van der Waals surface area contributed by atoms with Gasteiger partial charge in [0.15, 0.2) is 0 Å². The second-order valence-electron chi connectivity index (χ2n) is 8.67. The van der Waals surface area contributed by atoms with Gasteiger partial charge in [0, 0.05) is 43.3 Å². The van der Waals surface area contributed by atoms with Gasteiger partial charge in [0.2, 0.25) is 0 Å². The molecule has 0 bridgehead atoms. The summed E-state index contributed by atoms with van der Waals surface area (Å²) in [5.74, 6) is 1.69. The molecule has 2 unspecified atom stereocenters. The van der Waals surface area contributed by atoms with Crippen molar-refractivity contribution in [3.8, 4) is 5.75 Å². The highest BCUT2D eigenvalue weighted by molar-refractivity contribution is 6.08. The van der Waals surface area contributed by atoms with E-state index in [0.29, 0.717) is 12.0 Å². The van der Waals surface area contributed by atoms with Gasteiger partial charge in [-0.15, -0.1) is 0 Å². The average molecular weight is 384 g/mol. The van der Waals surface area contributed by atoms with Crippen LogP contribution in [0.5, 0.6) is 5.75 Å². The summed E-state index contributed by atoms with van der Waals surface area (Å²) < 4.78 is 7.96. The molecule has 1 saturated carbocycles. The van der Waals surface area contributed by atoms with Crippen LogP contribution in [0.1, 0.15) is 56.3 Å². The number of carbonyl (C=O) groups is 1. The van der Waals surface area contributed by atoms with Crippen molar-refractivity contribution in [3.05, 3.63) is 30.0 Å². The van der Waals surface area contributed by atoms with Crippen LogP contribution < -0.4 is 10.1 Å². The predicted octanol–water partition coefficient (Wildman–Crippen LogP) is 4.05. The van der Waals surface area contributed by atoms with E-state index in [0.717, 1.165) is 41.9 Å². The molecule has 1 aromatic carbocycles. The Morgan fingerprint density at radius 2 is 2.00 bits per heavy atom. The van der Waals surface area contributed by atoms with Gasteiger partial charge in [-0.2, -0.15) is 0 Å². The van der Waals surface area contributed by atoms with Crippen molar-refractivity contribution < 1.29 is 9.53 Å². The quantitative estimate of drug-likeness (QED) is 0.866. The Labute approximate surface area is 168 Å². The molecule has 0 spiro atoms. The second kappa shape index (κ2) is 8.16. The number of aromatic nitrogens is 1. The van der Waals surface area contributed by atoms with Crippen LogP contribution in [0, 0.1) is 5.92 Å². The van der Waals surface area contributed by atoms with Gasteiger partial charge in [-0.25, -0.2) is 0 Å². The Morgan fingerprint density at radius 1 is 1.21 bits per heavy atom. The van der Waals surface area contributed by atoms with Crippen LogP contribution in [0.25, 0.3) is 10.9 Å². The molecule has 1 saturated heterocycles. The van der Waals surface area contributed by atoms with E-state index < -0.39 is 0 Å². The summed E-state index contributed by atoms with van der Waals surface area (Å²) in [4.78, 5) is 15.5. The number of rotatable bonds is 4. The van der Waals surface area contributed by atoms with E-state index in [4.69, 9.17) is 4.74 Å². The lowest BCUT2D eigenvalue weighted by atomic mass is 9.89. The largest absolute Gasteiger partial charge is 0.495 e. The lowest BCUT2D eigenvalue weighted by Crippen LogP contribution is -2.56. The predicted molar refractivity (Wildman–Crippen MR) is 113 cm³/mol. The summed E-state index contributed by atoms with van der Waals surface area (Å²) in [7, 11) is 1.72. The third-order valence-electron chi connectivity index (χ3n) is 6.52. The number of para-hydroxylation sites is 1. The highest BCUT2D eigenvalue weighted by Gasteiger charge is 2.30. The molecule has 2 fully saturated rings. The van der Waals surface area contributed by atoms with Gasteiger partial charge in [-0.3, -0.25) is 4.79 Å². The second-order valence-corrected chi connectivity index (χ2v) is 8.67. The number of carbonyl (C=O) groups excluding carboxylic acids is 1. The van der Waals surface area contributed by atoms with Crippen LogP contribution >= 0.6 is 0 Å². The summed E-state index contributed by atoms with van der Waals surface area (Å²) in [6.45, 7) is 6.83. The van der Waals surface area contributed by atoms with Crippen LogP contribution in [-0.2, 0) is 6.54 Å². The van der Waals surface area contributed by atoms with Gasteiger partial charge in [-0.1, -0.05) is 31.4 Å². The topological polar surface area (TPSA) is 46.5 Å². The van der Waals surface area contributed by atoms with Crippen LogP contribution in [0.4, 0.5) is 0 Å². The molecule has 0 radical (unpaired) electrons. The molecule has 1 aliphatic carbocycles. The number of methoxy groups -OCH3 is 1. The molecule has 152 valence electrons. The van der Waals surface area contributed by atoms with Crippen molar-refractivity contribution in [2.24, 2.45) is 5.92 Å². The third kappa shape index (κ3) is 3.64. The van der Waals surface area contributed by atoms with Crippen molar-refractivity contribution in [3.63, 3.8) is 0 Å². The van der Waals surface area contributed by atoms with Crippen molar-refractivity contribution in [1.29, 1.82) is 0 Å². The zero-order valence-electron chi connectivity index (χ0n) is 17.4. The minimum atomic E-state index is 0.140. The molecule has 1 aliphatic heterocycles. The Kier molecular flexibility index (Phi) is 5.63. The van der Waals surface area contributed by atoms with Gasteiger partial charge in [0.05, 0.1) is 18.2 Å². The lowest BCUT2D eigenvalue weighted by Gasteiger charge is -2.37. The number of piperazine rings is 1. The van der Waals surface area contributed by atoms with Gasteiger partial charge >= 0.3 is 0 Å². The summed E-state index contributed by atoms with van der Waals surface area (Å²) >= 11 is 0. The monoisotopic (exact) mass is 383 g/mol. The molecule has 5 heteroatoms. The van der Waals surface area contributed by atoms with Crippen molar-refractivity contribution >= 4 is 16.8 Å². The maximum atomic E-state index is 13.5. The van der Waals surface area contributed by atoms with E-state index in [-0.39, 0.29) is 11.9 Å². The van der Waals surface area contributed by atoms with Crippen molar-refractivity contribution in [1.82, 2.24) is 14.8 Å². The first-order valence-electron chi connectivity index (χ1n) is 10.8. The number of hydrogen-bond donors (Lipinski definition) is 1. The first-order valence-corrected chi connectivity index (χ1v) is 10.8. The SMILES string of the molecule is COc1cccc2c(C(=O)N3CC(C)NCC3C)cn(CC3CCCCC3)c12. The fraction of sp³-hybridized carbons (Fsp3) is 0.609. The molecular weight excluding hydrogens is 350 g/mol. The number of nitrogens with zero attached hydrogens (tertiary/aromatic N) is 2. The number of benzene rings is 1. The van der Waals surface area contributed by atoms with E-state index in [9.17, 15) is 4.79 Å². The van der Waals surface area contributed by atoms with Gasteiger partial charge in [0.1, 0.15) is 5.75 Å². The molecule has 1 N–H and O–H groups in total. The normalized spacial score (nSPS) is 23.9. The molecular formula is C23H33N3O2. The first-order chi connectivity index (χ1) is 13.6. The summed E-state index contributed by atoms with van der Waals surface area (Å²) in [5.41, 5.74) is 1.88. The molecule has 2 aliphatic rings. The summed E-state index contributed by atoms with van der Waals surface area (Å²) in [6.07, 6.45) is 8.65. The zero-order valence-corrected chi connectivity index (χ0v) is 17.4. The van der Waals surface area contributed by atoms with Crippen molar-refractivity contribution in [2.75, 3.05) is 20.2 Å². The van der Waals surface area contributed by atoms with E-state index in [1.165, 1.54) is 32.1 Å². The fourth-order valence-corrected chi connectivity index (χ4v) is 4.91. The smallest absolute Gasteiger partial charge is 0.256 e. The third-order valence-corrected chi connectivity index (χ3v) is 6.52. The minimum absolute atomic E-state index is 0.140. The maximum Gasteiger partial charge on any atom is 0.256 e. The number of nitrogens with one attached hydrogen (secondary N) is 1. The van der Waals surface area contributed by atoms with Crippen LogP contribution in [0.15, 0.2) is 24.4 Å². The molecule has 1 amide bonds. The lowest BCUT2D eigenvalue weighted by molar-refractivity contribution is 0.0618. The number of ether oxygens (including phenoxy) is 1. The Bertz CT molecular complexity index is 838. The molecule has 2 aromatic rings. The molecule has 2 heterocycles.